The predicted molar refractivity (Wildman–Crippen MR) is 58.7 cm³/mol. The van der Waals surface area contributed by atoms with Gasteiger partial charge in [-0.1, -0.05) is 11.6 Å². The van der Waals surface area contributed by atoms with Crippen molar-refractivity contribution in [3.63, 3.8) is 0 Å². The van der Waals surface area contributed by atoms with Crippen LogP contribution in [-0.4, -0.2) is 22.8 Å². The Morgan fingerprint density at radius 2 is 2.47 bits per heavy atom. The smallest absolute Gasteiger partial charge is 0.210 e. The number of amides is 1. The molecule has 0 radical (unpaired) electrons. The van der Waals surface area contributed by atoms with Crippen LogP contribution < -0.4 is 0 Å². The minimum Gasteiger partial charge on any atom is -0.338 e. The van der Waals surface area contributed by atoms with E-state index in [-0.39, 0.29) is 6.04 Å². The molecule has 0 N–H and O–H groups in total. The molecule has 2 rings (SSSR count). The first-order valence-electron chi connectivity index (χ1n) is 5.05. The molecule has 0 aromatic carbocycles. The molecule has 1 aromatic heterocycles. The second-order valence-electron chi connectivity index (χ2n) is 3.88. The molecule has 1 amide bonds. The zero-order valence-corrected chi connectivity index (χ0v) is 9.37. The Morgan fingerprint density at radius 3 is 3.13 bits per heavy atom. The minimum atomic E-state index is 0.186. The Hall–Kier alpha value is -1.09. The fourth-order valence-electron chi connectivity index (χ4n) is 2.04. The van der Waals surface area contributed by atoms with Crippen LogP contribution in [0.25, 0.3) is 0 Å². The van der Waals surface area contributed by atoms with E-state index in [1.165, 1.54) is 0 Å². The van der Waals surface area contributed by atoms with Gasteiger partial charge in [-0.25, -0.2) is 4.98 Å². The number of hydrogen-bond donors (Lipinski definition) is 0. The van der Waals surface area contributed by atoms with E-state index in [9.17, 15) is 4.79 Å². The lowest BCUT2D eigenvalue weighted by atomic mass is 10.1. The number of aryl methyl sites for hydroxylation is 1. The Morgan fingerprint density at radius 1 is 1.67 bits per heavy atom. The number of hydrogen-bond acceptors (Lipinski definition) is 2. The average molecular weight is 225 g/mol. The van der Waals surface area contributed by atoms with Crippen LogP contribution in [0.15, 0.2) is 12.3 Å². The molecule has 1 aliphatic heterocycles. The van der Waals surface area contributed by atoms with Gasteiger partial charge in [0.05, 0.1) is 6.04 Å². The van der Waals surface area contributed by atoms with Crippen LogP contribution in [0.3, 0.4) is 0 Å². The van der Waals surface area contributed by atoms with E-state index in [4.69, 9.17) is 11.6 Å². The summed E-state index contributed by atoms with van der Waals surface area (Å²) < 4.78 is 0. The molecule has 1 atom stereocenters. The second-order valence-corrected chi connectivity index (χ2v) is 4.24. The topological polar surface area (TPSA) is 33.2 Å². The van der Waals surface area contributed by atoms with Gasteiger partial charge in [-0.15, -0.1) is 0 Å². The van der Waals surface area contributed by atoms with E-state index in [0.29, 0.717) is 5.15 Å². The molecule has 0 bridgehead atoms. The third kappa shape index (κ3) is 1.97. The maximum atomic E-state index is 10.8. The monoisotopic (exact) mass is 224 g/mol. The van der Waals surface area contributed by atoms with E-state index in [0.717, 1.165) is 36.9 Å². The molecule has 3 nitrogen and oxygen atoms in total. The van der Waals surface area contributed by atoms with Crippen molar-refractivity contribution in [2.45, 2.75) is 25.8 Å². The number of aromatic nitrogens is 1. The summed E-state index contributed by atoms with van der Waals surface area (Å²) in [7, 11) is 0. The summed E-state index contributed by atoms with van der Waals surface area (Å²) in [6.45, 7) is 2.77. The van der Waals surface area contributed by atoms with Crippen molar-refractivity contribution in [3.05, 3.63) is 28.5 Å². The summed E-state index contributed by atoms with van der Waals surface area (Å²) in [4.78, 5) is 16.8. The molecule has 0 saturated carbocycles. The molecule has 1 unspecified atom stereocenters. The Kier molecular flexibility index (Phi) is 2.91. The predicted octanol–water partition coefficient (Wildman–Crippen LogP) is 2.34. The van der Waals surface area contributed by atoms with Crippen molar-refractivity contribution in [1.29, 1.82) is 0 Å². The molecule has 15 heavy (non-hydrogen) atoms. The van der Waals surface area contributed by atoms with Gasteiger partial charge < -0.3 is 4.90 Å². The van der Waals surface area contributed by atoms with Crippen molar-refractivity contribution in [3.8, 4) is 0 Å². The number of halogens is 1. The van der Waals surface area contributed by atoms with E-state index in [1.807, 2.05) is 17.9 Å². The van der Waals surface area contributed by atoms with Gasteiger partial charge in [0.25, 0.3) is 0 Å². The minimum absolute atomic E-state index is 0.186. The lowest BCUT2D eigenvalue weighted by Crippen LogP contribution is -2.21. The fraction of sp³-hybridized carbons (Fsp3) is 0.455. The van der Waals surface area contributed by atoms with Crippen LogP contribution >= 0.6 is 11.6 Å². The van der Waals surface area contributed by atoms with E-state index in [2.05, 4.69) is 4.98 Å². The molecule has 1 aromatic rings. The van der Waals surface area contributed by atoms with Gasteiger partial charge in [-0.05, 0) is 37.0 Å². The number of nitrogens with zero attached hydrogens (tertiary/aromatic N) is 2. The highest BCUT2D eigenvalue weighted by Gasteiger charge is 2.24. The van der Waals surface area contributed by atoms with Crippen molar-refractivity contribution in [2.24, 2.45) is 0 Å². The quantitative estimate of drug-likeness (QED) is 0.571. The van der Waals surface area contributed by atoms with Gasteiger partial charge in [0.1, 0.15) is 5.15 Å². The average Bonchev–Trinajstić information content (AvgIpc) is 2.70. The van der Waals surface area contributed by atoms with Crippen LogP contribution in [-0.2, 0) is 4.79 Å². The van der Waals surface area contributed by atoms with Gasteiger partial charge in [-0.3, -0.25) is 4.79 Å². The second kappa shape index (κ2) is 4.19. The first-order valence-corrected chi connectivity index (χ1v) is 5.43. The Labute approximate surface area is 94.1 Å². The first kappa shape index (κ1) is 10.4. The summed E-state index contributed by atoms with van der Waals surface area (Å²) in [6, 6.07) is 2.20. The zero-order chi connectivity index (χ0) is 10.8. The van der Waals surface area contributed by atoms with Crippen molar-refractivity contribution < 1.29 is 4.79 Å². The summed E-state index contributed by atoms with van der Waals surface area (Å²) in [5, 5.41) is 0.536. The van der Waals surface area contributed by atoms with Crippen LogP contribution in [0.2, 0.25) is 5.15 Å². The molecule has 0 spiro atoms. The molecule has 1 fully saturated rings. The van der Waals surface area contributed by atoms with Gasteiger partial charge in [-0.2, -0.15) is 0 Å². The molecular weight excluding hydrogens is 212 g/mol. The maximum absolute atomic E-state index is 10.8. The van der Waals surface area contributed by atoms with E-state index >= 15 is 0 Å². The Balaban J connectivity index is 2.28. The molecule has 1 aliphatic rings. The summed E-state index contributed by atoms with van der Waals surface area (Å²) in [5.74, 6) is 0. The lowest BCUT2D eigenvalue weighted by molar-refractivity contribution is -0.118. The zero-order valence-electron chi connectivity index (χ0n) is 8.61. The lowest BCUT2D eigenvalue weighted by Gasteiger charge is -2.20. The van der Waals surface area contributed by atoms with Crippen molar-refractivity contribution in [2.75, 3.05) is 6.54 Å². The van der Waals surface area contributed by atoms with Crippen LogP contribution in [0.1, 0.15) is 30.0 Å². The van der Waals surface area contributed by atoms with Gasteiger partial charge in [0, 0.05) is 12.7 Å². The Bertz CT molecular complexity index is 381. The van der Waals surface area contributed by atoms with Crippen molar-refractivity contribution >= 4 is 18.0 Å². The standard InChI is InChI=1S/C11H13ClN2O/c1-8-5-9(6-13-11(8)12)10-3-2-4-14(10)7-15/h5-7,10H,2-4H2,1H3. The van der Waals surface area contributed by atoms with Crippen LogP contribution in [0, 0.1) is 6.92 Å². The molecule has 0 aliphatic carbocycles. The maximum Gasteiger partial charge on any atom is 0.210 e. The summed E-state index contributed by atoms with van der Waals surface area (Å²) >= 11 is 5.86. The highest BCUT2D eigenvalue weighted by atomic mass is 35.5. The highest BCUT2D eigenvalue weighted by Crippen LogP contribution is 2.31. The number of likely N-dealkylation sites (tertiary alicyclic amines) is 1. The van der Waals surface area contributed by atoms with Crippen LogP contribution in [0.5, 0.6) is 0 Å². The molecule has 4 heteroatoms. The third-order valence-electron chi connectivity index (χ3n) is 2.85. The van der Waals surface area contributed by atoms with Crippen molar-refractivity contribution in [1.82, 2.24) is 9.88 Å². The summed E-state index contributed by atoms with van der Waals surface area (Å²) in [5.41, 5.74) is 2.05. The molecule has 80 valence electrons. The normalized spacial score (nSPS) is 20.7. The number of pyridine rings is 1. The number of carbonyl (C=O) groups excluding carboxylic acids is 1. The highest BCUT2D eigenvalue weighted by molar-refractivity contribution is 6.30. The molecular formula is C11H13ClN2O. The number of rotatable bonds is 2. The van der Waals surface area contributed by atoms with Gasteiger partial charge >= 0.3 is 0 Å². The van der Waals surface area contributed by atoms with E-state index < -0.39 is 0 Å². The fourth-order valence-corrected chi connectivity index (χ4v) is 2.14. The molecule has 1 saturated heterocycles. The third-order valence-corrected chi connectivity index (χ3v) is 3.25. The molecule has 2 heterocycles. The first-order chi connectivity index (χ1) is 7.22. The largest absolute Gasteiger partial charge is 0.338 e. The summed E-state index contributed by atoms with van der Waals surface area (Å²) in [6.07, 6.45) is 4.76. The van der Waals surface area contributed by atoms with E-state index in [1.54, 1.807) is 6.20 Å². The van der Waals surface area contributed by atoms with Gasteiger partial charge in [0.15, 0.2) is 0 Å². The number of carbonyl (C=O) groups is 1. The van der Waals surface area contributed by atoms with Crippen LogP contribution in [0.4, 0.5) is 0 Å². The SMILES string of the molecule is Cc1cc(C2CCCN2C=O)cnc1Cl. The van der Waals surface area contributed by atoms with Gasteiger partial charge in [0.2, 0.25) is 6.41 Å².